The van der Waals surface area contributed by atoms with Crippen LogP contribution < -0.4 is 9.47 Å². The molecule has 0 aliphatic carbocycles. The average Bonchev–Trinajstić information content (AvgIpc) is 3.31. The predicted molar refractivity (Wildman–Crippen MR) is 119 cm³/mol. The van der Waals surface area contributed by atoms with E-state index < -0.39 is 23.1 Å². The Morgan fingerprint density at radius 1 is 1.00 bits per heavy atom. The van der Waals surface area contributed by atoms with Crippen LogP contribution in [-0.2, 0) is 6.18 Å². The Morgan fingerprint density at radius 2 is 1.66 bits per heavy atom. The number of ether oxygens (including phenoxy) is 2. The number of aromatic nitrogens is 2. The van der Waals surface area contributed by atoms with Crippen LogP contribution in [0.1, 0.15) is 24.5 Å². The third kappa shape index (κ3) is 5.24. The number of hydrogen-bond acceptors (Lipinski definition) is 7. The molecule has 0 aliphatic rings. The first kappa shape index (κ1) is 23.7. The number of oxazole rings is 1. The number of pyridine rings is 1. The summed E-state index contributed by atoms with van der Waals surface area (Å²) in [4.78, 5) is 18.0. The minimum atomic E-state index is -4.77. The van der Waals surface area contributed by atoms with Gasteiger partial charge in [0.05, 0.1) is 12.0 Å². The van der Waals surface area contributed by atoms with Crippen LogP contribution in [0.4, 0.5) is 18.9 Å². The number of rotatable bonds is 7. The van der Waals surface area contributed by atoms with Crippen LogP contribution in [-0.4, -0.2) is 22.0 Å². The smallest absolute Gasteiger partial charge is 0.468 e. The Morgan fingerprint density at radius 3 is 2.20 bits per heavy atom. The van der Waals surface area contributed by atoms with Gasteiger partial charge in [-0.1, -0.05) is 0 Å². The molecule has 0 saturated carbocycles. The number of nitro benzene ring substituents is 1. The minimum absolute atomic E-state index is 0.0135. The average molecular weight is 485 g/mol. The van der Waals surface area contributed by atoms with E-state index in [1.165, 1.54) is 37.6 Å². The molecular formula is C24H18F3N3O5. The lowest BCUT2D eigenvalue weighted by Crippen LogP contribution is -2.04. The van der Waals surface area contributed by atoms with E-state index in [2.05, 4.69) is 9.97 Å². The summed E-state index contributed by atoms with van der Waals surface area (Å²) in [7, 11) is 1.43. The van der Waals surface area contributed by atoms with Gasteiger partial charge in [0.1, 0.15) is 17.5 Å². The highest BCUT2D eigenvalue weighted by Gasteiger charge is 2.39. The first-order chi connectivity index (χ1) is 16.7. The fourth-order valence-corrected chi connectivity index (χ4v) is 3.30. The molecule has 8 nitrogen and oxygen atoms in total. The molecule has 0 N–H and O–H groups in total. The molecule has 0 bridgehead atoms. The Bertz CT molecular complexity index is 1320. The Balaban J connectivity index is 1.60. The van der Waals surface area contributed by atoms with Crippen molar-refractivity contribution >= 4 is 5.69 Å². The van der Waals surface area contributed by atoms with Gasteiger partial charge in [0.25, 0.3) is 5.69 Å². The zero-order valence-electron chi connectivity index (χ0n) is 18.4. The van der Waals surface area contributed by atoms with Crippen LogP contribution >= 0.6 is 0 Å². The quantitative estimate of drug-likeness (QED) is 0.218. The molecule has 0 amide bonds. The van der Waals surface area contributed by atoms with E-state index in [0.717, 1.165) is 5.56 Å². The van der Waals surface area contributed by atoms with Crippen molar-refractivity contribution in [3.05, 3.63) is 88.4 Å². The summed E-state index contributed by atoms with van der Waals surface area (Å²) in [6, 6.07) is 15.3. The van der Waals surface area contributed by atoms with Crippen molar-refractivity contribution in [1.29, 1.82) is 0 Å². The molecule has 0 fully saturated rings. The van der Waals surface area contributed by atoms with Gasteiger partial charge < -0.3 is 13.9 Å². The molecule has 4 rings (SSSR count). The van der Waals surface area contributed by atoms with Gasteiger partial charge in [-0.05, 0) is 55.0 Å². The van der Waals surface area contributed by atoms with Crippen LogP contribution in [0.5, 0.6) is 11.6 Å². The summed E-state index contributed by atoms with van der Waals surface area (Å²) in [5.41, 5.74) is 1.36. The van der Waals surface area contributed by atoms with Gasteiger partial charge in [-0.15, -0.1) is 0 Å². The summed E-state index contributed by atoms with van der Waals surface area (Å²) in [5, 5.41) is 10.8. The van der Waals surface area contributed by atoms with Crippen LogP contribution in [0.3, 0.4) is 0 Å². The van der Waals surface area contributed by atoms with Crippen molar-refractivity contribution in [2.45, 2.75) is 19.2 Å². The van der Waals surface area contributed by atoms with Gasteiger partial charge in [0, 0.05) is 35.5 Å². The second-order valence-electron chi connectivity index (χ2n) is 7.42. The number of hydrogen-bond donors (Lipinski definition) is 0. The highest BCUT2D eigenvalue weighted by molar-refractivity contribution is 5.77. The van der Waals surface area contributed by atoms with Gasteiger partial charge in [0.15, 0.2) is 5.76 Å². The topological polar surface area (TPSA) is 101 Å². The van der Waals surface area contributed by atoms with Crippen LogP contribution in [0.25, 0.3) is 22.6 Å². The van der Waals surface area contributed by atoms with Crippen molar-refractivity contribution in [3.8, 4) is 34.2 Å². The fourth-order valence-electron chi connectivity index (χ4n) is 3.30. The van der Waals surface area contributed by atoms with Crippen molar-refractivity contribution in [2.24, 2.45) is 0 Å². The second-order valence-corrected chi connectivity index (χ2v) is 7.42. The number of non-ortho nitro benzene ring substituents is 1. The molecule has 2 aromatic carbocycles. The summed E-state index contributed by atoms with van der Waals surface area (Å²) in [6.45, 7) is 1.77. The predicted octanol–water partition coefficient (Wildman–Crippen LogP) is 6.48. The van der Waals surface area contributed by atoms with Crippen molar-refractivity contribution < 1.29 is 32.0 Å². The SMILES string of the molecule is COc1ccc(-c2nc(C(F)(F)F)oc2-c2ccc(OC(C)c3ccc([N+](=O)[O-])cc3)cc2)cn1. The van der Waals surface area contributed by atoms with Crippen LogP contribution in [0, 0.1) is 10.1 Å². The standard InChI is InChI=1S/C24H18F3N3O5/c1-14(15-3-8-18(9-4-15)30(31)32)34-19-10-5-16(6-11-19)22-21(29-23(35-22)24(25,26)27)17-7-12-20(33-2)28-13-17/h3-14H,1-2H3. The summed E-state index contributed by atoms with van der Waals surface area (Å²) in [6.07, 6.45) is -3.84. The van der Waals surface area contributed by atoms with Crippen LogP contribution in [0.2, 0.25) is 0 Å². The maximum absolute atomic E-state index is 13.3. The molecule has 11 heteroatoms. The Labute approximate surface area is 197 Å². The molecule has 1 unspecified atom stereocenters. The number of nitro groups is 1. The minimum Gasteiger partial charge on any atom is -0.486 e. The number of alkyl halides is 3. The van der Waals surface area contributed by atoms with Gasteiger partial charge >= 0.3 is 12.1 Å². The van der Waals surface area contributed by atoms with E-state index in [4.69, 9.17) is 13.9 Å². The number of methoxy groups -OCH3 is 1. The van der Waals surface area contributed by atoms with E-state index >= 15 is 0 Å². The van der Waals surface area contributed by atoms with Crippen molar-refractivity contribution in [1.82, 2.24) is 9.97 Å². The van der Waals surface area contributed by atoms with E-state index in [9.17, 15) is 23.3 Å². The lowest BCUT2D eigenvalue weighted by atomic mass is 10.1. The van der Waals surface area contributed by atoms with Crippen molar-refractivity contribution in [2.75, 3.05) is 7.11 Å². The highest BCUT2D eigenvalue weighted by Crippen LogP contribution is 2.39. The maximum atomic E-state index is 13.3. The lowest BCUT2D eigenvalue weighted by Gasteiger charge is -2.15. The second kappa shape index (κ2) is 9.45. The fraction of sp³-hybridized carbons (Fsp3) is 0.167. The molecule has 35 heavy (non-hydrogen) atoms. The normalized spacial score (nSPS) is 12.3. The van der Waals surface area contributed by atoms with Gasteiger partial charge in [0.2, 0.25) is 5.88 Å². The molecule has 2 heterocycles. The first-order valence-electron chi connectivity index (χ1n) is 10.3. The largest absolute Gasteiger partial charge is 0.486 e. The summed E-state index contributed by atoms with van der Waals surface area (Å²) >= 11 is 0. The molecule has 0 aliphatic heterocycles. The molecule has 0 radical (unpaired) electrons. The molecule has 180 valence electrons. The molecule has 0 spiro atoms. The van der Waals surface area contributed by atoms with E-state index in [1.54, 1.807) is 43.3 Å². The Hall–Kier alpha value is -4.41. The number of benzene rings is 2. The highest BCUT2D eigenvalue weighted by atomic mass is 19.4. The third-order valence-electron chi connectivity index (χ3n) is 5.09. The first-order valence-corrected chi connectivity index (χ1v) is 10.3. The molecular weight excluding hydrogens is 467 g/mol. The van der Waals surface area contributed by atoms with Gasteiger partial charge in [-0.3, -0.25) is 10.1 Å². The van der Waals surface area contributed by atoms with E-state index in [1.807, 2.05) is 0 Å². The zero-order chi connectivity index (χ0) is 25.2. The van der Waals surface area contributed by atoms with Gasteiger partial charge in [-0.25, -0.2) is 9.97 Å². The molecule has 0 saturated heterocycles. The molecule has 2 aromatic heterocycles. The Kier molecular flexibility index (Phi) is 6.41. The maximum Gasteiger partial charge on any atom is 0.468 e. The third-order valence-corrected chi connectivity index (χ3v) is 5.09. The van der Waals surface area contributed by atoms with E-state index in [0.29, 0.717) is 22.8 Å². The zero-order valence-corrected chi connectivity index (χ0v) is 18.4. The molecule has 4 aromatic rings. The van der Waals surface area contributed by atoms with Crippen LogP contribution in [0.15, 0.2) is 71.3 Å². The van der Waals surface area contributed by atoms with E-state index in [-0.39, 0.29) is 17.1 Å². The van der Waals surface area contributed by atoms with Crippen molar-refractivity contribution in [3.63, 3.8) is 0 Å². The summed E-state index contributed by atoms with van der Waals surface area (Å²) in [5.74, 6) is -0.689. The lowest BCUT2D eigenvalue weighted by molar-refractivity contribution is -0.384. The summed E-state index contributed by atoms with van der Waals surface area (Å²) < 4.78 is 55.9. The number of nitrogens with zero attached hydrogens (tertiary/aromatic N) is 3. The monoisotopic (exact) mass is 485 g/mol. The molecule has 1 atom stereocenters. The number of halogens is 3. The van der Waals surface area contributed by atoms with Gasteiger partial charge in [-0.2, -0.15) is 13.2 Å².